The Kier molecular flexibility index (Phi) is 5.64. The van der Waals surface area contributed by atoms with Crippen LogP contribution in [-0.2, 0) is 14.6 Å². The smallest absolute Gasteiger partial charge is 0.224 e. The minimum Gasteiger partial charge on any atom is -0.356 e. The summed E-state index contributed by atoms with van der Waals surface area (Å²) < 4.78 is 35.3. The SMILES string of the molecule is O=C(NCCCSc1ccc(F)cc1)C1CCS(=O)(=O)C1. The molecule has 21 heavy (non-hydrogen) atoms. The number of carbonyl (C=O) groups is 1. The Bertz CT molecular complexity index is 587. The van der Waals surface area contributed by atoms with Crippen molar-refractivity contribution in [1.82, 2.24) is 5.32 Å². The summed E-state index contributed by atoms with van der Waals surface area (Å²) in [5, 5.41) is 2.78. The molecule has 1 heterocycles. The maximum absolute atomic E-state index is 12.7. The second-order valence-corrected chi connectivity index (χ2v) is 8.44. The molecule has 1 aromatic carbocycles. The van der Waals surface area contributed by atoms with Crippen LogP contribution in [0, 0.1) is 11.7 Å². The van der Waals surface area contributed by atoms with Gasteiger partial charge < -0.3 is 5.32 Å². The van der Waals surface area contributed by atoms with E-state index in [4.69, 9.17) is 0 Å². The van der Waals surface area contributed by atoms with Crippen LogP contribution in [-0.4, -0.2) is 38.1 Å². The summed E-state index contributed by atoms with van der Waals surface area (Å²) in [4.78, 5) is 12.8. The molecule has 1 unspecified atom stereocenters. The molecule has 4 nitrogen and oxygen atoms in total. The fraction of sp³-hybridized carbons (Fsp3) is 0.500. The Morgan fingerprint density at radius 3 is 2.67 bits per heavy atom. The van der Waals surface area contributed by atoms with Crippen molar-refractivity contribution < 1.29 is 17.6 Å². The first-order valence-corrected chi connectivity index (χ1v) is 9.63. The molecular weight excluding hydrogens is 313 g/mol. The van der Waals surface area contributed by atoms with Crippen LogP contribution in [0.2, 0.25) is 0 Å². The predicted molar refractivity (Wildman–Crippen MR) is 81.5 cm³/mol. The number of halogens is 1. The van der Waals surface area contributed by atoms with Crippen molar-refractivity contribution >= 4 is 27.5 Å². The Morgan fingerprint density at radius 1 is 1.33 bits per heavy atom. The van der Waals surface area contributed by atoms with Crippen molar-refractivity contribution in [1.29, 1.82) is 0 Å². The number of nitrogens with one attached hydrogen (secondary N) is 1. The molecule has 1 aliphatic heterocycles. The highest BCUT2D eigenvalue weighted by Crippen LogP contribution is 2.19. The number of rotatable bonds is 6. The fourth-order valence-electron chi connectivity index (χ4n) is 2.15. The minimum absolute atomic E-state index is 0.0246. The molecule has 1 aliphatic rings. The fourth-order valence-corrected chi connectivity index (χ4v) is 4.75. The second kappa shape index (κ2) is 7.26. The van der Waals surface area contributed by atoms with Crippen molar-refractivity contribution in [2.24, 2.45) is 5.92 Å². The van der Waals surface area contributed by atoms with Gasteiger partial charge in [-0.05, 0) is 42.9 Å². The van der Waals surface area contributed by atoms with Gasteiger partial charge in [0.2, 0.25) is 5.91 Å². The molecule has 0 aromatic heterocycles. The summed E-state index contributed by atoms with van der Waals surface area (Å²) in [5.74, 6) is 0.101. The van der Waals surface area contributed by atoms with Gasteiger partial charge in [-0.2, -0.15) is 0 Å². The largest absolute Gasteiger partial charge is 0.356 e. The first-order valence-electron chi connectivity index (χ1n) is 6.83. The molecule has 7 heteroatoms. The molecule has 1 amide bonds. The number of thioether (sulfide) groups is 1. The third kappa shape index (κ3) is 5.32. The van der Waals surface area contributed by atoms with E-state index in [1.54, 1.807) is 23.9 Å². The van der Waals surface area contributed by atoms with Gasteiger partial charge in [0.05, 0.1) is 17.4 Å². The van der Waals surface area contributed by atoms with Gasteiger partial charge in [0, 0.05) is 11.4 Å². The van der Waals surface area contributed by atoms with Gasteiger partial charge in [-0.1, -0.05) is 0 Å². The van der Waals surface area contributed by atoms with E-state index >= 15 is 0 Å². The van der Waals surface area contributed by atoms with Crippen molar-refractivity contribution in [2.75, 3.05) is 23.8 Å². The van der Waals surface area contributed by atoms with Gasteiger partial charge in [-0.15, -0.1) is 11.8 Å². The quantitative estimate of drug-likeness (QED) is 0.638. The molecule has 2 rings (SSSR count). The van der Waals surface area contributed by atoms with E-state index in [1.807, 2.05) is 0 Å². The molecule has 116 valence electrons. The highest BCUT2D eigenvalue weighted by atomic mass is 32.2. The number of hydrogen-bond acceptors (Lipinski definition) is 4. The maximum Gasteiger partial charge on any atom is 0.224 e. The topological polar surface area (TPSA) is 63.2 Å². The normalized spacial score (nSPS) is 20.3. The van der Waals surface area contributed by atoms with E-state index in [2.05, 4.69) is 5.32 Å². The van der Waals surface area contributed by atoms with E-state index in [0.717, 1.165) is 17.1 Å². The average Bonchev–Trinajstić information content (AvgIpc) is 2.81. The molecule has 0 bridgehead atoms. The summed E-state index contributed by atoms with van der Waals surface area (Å²) in [5.41, 5.74) is 0. The third-order valence-corrected chi connectivity index (χ3v) is 6.17. The van der Waals surface area contributed by atoms with E-state index in [0.29, 0.717) is 13.0 Å². The second-order valence-electron chi connectivity index (χ2n) is 5.05. The Morgan fingerprint density at radius 2 is 2.05 bits per heavy atom. The van der Waals surface area contributed by atoms with Gasteiger partial charge in [0.1, 0.15) is 5.82 Å². The van der Waals surface area contributed by atoms with Crippen LogP contribution < -0.4 is 5.32 Å². The highest BCUT2D eigenvalue weighted by molar-refractivity contribution is 7.99. The summed E-state index contributed by atoms with van der Waals surface area (Å²) in [6, 6.07) is 6.29. The average molecular weight is 331 g/mol. The summed E-state index contributed by atoms with van der Waals surface area (Å²) in [7, 11) is -3.01. The number of carbonyl (C=O) groups excluding carboxylic acids is 1. The molecule has 1 fully saturated rings. The maximum atomic E-state index is 12.7. The van der Waals surface area contributed by atoms with Gasteiger partial charge in [-0.25, -0.2) is 12.8 Å². The lowest BCUT2D eigenvalue weighted by molar-refractivity contribution is -0.124. The number of benzene rings is 1. The standard InChI is InChI=1S/C14H18FNO3S2/c15-12-2-4-13(5-3-12)20-8-1-7-16-14(17)11-6-9-21(18,19)10-11/h2-5,11H,1,6-10H2,(H,16,17). The number of hydrogen-bond donors (Lipinski definition) is 1. The predicted octanol–water partition coefficient (Wildman–Crippen LogP) is 1.86. The van der Waals surface area contributed by atoms with Crippen LogP contribution in [0.4, 0.5) is 4.39 Å². The third-order valence-electron chi connectivity index (χ3n) is 3.31. The van der Waals surface area contributed by atoms with Gasteiger partial charge in [-0.3, -0.25) is 4.79 Å². The van der Waals surface area contributed by atoms with Crippen LogP contribution in [0.1, 0.15) is 12.8 Å². The van der Waals surface area contributed by atoms with Gasteiger partial charge in [0.15, 0.2) is 9.84 Å². The van der Waals surface area contributed by atoms with Crippen LogP contribution in [0.3, 0.4) is 0 Å². The molecule has 1 aromatic rings. The summed E-state index contributed by atoms with van der Waals surface area (Å²) >= 11 is 1.60. The minimum atomic E-state index is -3.01. The lowest BCUT2D eigenvalue weighted by Crippen LogP contribution is -2.32. The van der Waals surface area contributed by atoms with Crippen molar-refractivity contribution in [3.63, 3.8) is 0 Å². The number of sulfone groups is 1. The lowest BCUT2D eigenvalue weighted by atomic mass is 10.1. The molecule has 0 aliphatic carbocycles. The van der Waals surface area contributed by atoms with Crippen molar-refractivity contribution in [2.45, 2.75) is 17.7 Å². The van der Waals surface area contributed by atoms with Crippen molar-refractivity contribution in [3.05, 3.63) is 30.1 Å². The molecule has 1 atom stereocenters. The van der Waals surface area contributed by atoms with Gasteiger partial charge >= 0.3 is 0 Å². The van der Waals surface area contributed by atoms with Crippen LogP contribution in [0.15, 0.2) is 29.2 Å². The zero-order valence-corrected chi connectivity index (χ0v) is 13.2. The van der Waals surface area contributed by atoms with E-state index < -0.39 is 9.84 Å². The molecule has 0 spiro atoms. The monoisotopic (exact) mass is 331 g/mol. The van der Waals surface area contributed by atoms with Gasteiger partial charge in [0.25, 0.3) is 0 Å². The molecule has 0 saturated carbocycles. The zero-order chi connectivity index (χ0) is 15.3. The van der Waals surface area contributed by atoms with E-state index in [9.17, 15) is 17.6 Å². The van der Waals surface area contributed by atoms with E-state index in [-0.39, 0.29) is 29.1 Å². The van der Waals surface area contributed by atoms with Crippen LogP contribution in [0.5, 0.6) is 0 Å². The molecule has 1 N–H and O–H groups in total. The van der Waals surface area contributed by atoms with E-state index in [1.165, 1.54) is 12.1 Å². The molecule has 0 radical (unpaired) electrons. The molecular formula is C14H18FNO3S2. The Labute approximate surface area is 128 Å². The lowest BCUT2D eigenvalue weighted by Gasteiger charge is -2.09. The first-order chi connectivity index (χ1) is 9.96. The van der Waals surface area contributed by atoms with Crippen LogP contribution >= 0.6 is 11.8 Å². The zero-order valence-electron chi connectivity index (χ0n) is 11.5. The Hall–Kier alpha value is -1.08. The first kappa shape index (κ1) is 16.3. The van der Waals surface area contributed by atoms with Crippen LogP contribution in [0.25, 0.3) is 0 Å². The van der Waals surface area contributed by atoms with Crippen molar-refractivity contribution in [3.8, 4) is 0 Å². The summed E-state index contributed by atoms with van der Waals surface area (Å²) in [6.45, 7) is 0.531. The highest BCUT2D eigenvalue weighted by Gasteiger charge is 2.32. The Balaban J connectivity index is 1.61. The number of amides is 1. The molecule has 1 saturated heterocycles. The summed E-state index contributed by atoms with van der Waals surface area (Å²) in [6.07, 6.45) is 1.21.